The van der Waals surface area contributed by atoms with E-state index in [1.807, 2.05) is 19.2 Å². The number of hydrogen-bond donors (Lipinski definition) is 3. The summed E-state index contributed by atoms with van der Waals surface area (Å²) in [5.41, 5.74) is 7.01. The zero-order valence-electron chi connectivity index (χ0n) is 17.2. The van der Waals surface area contributed by atoms with Crippen LogP contribution in [0.25, 0.3) is 6.08 Å². The minimum absolute atomic E-state index is 0.343. The lowest BCUT2D eigenvalue weighted by atomic mass is 10.1. The highest BCUT2D eigenvalue weighted by molar-refractivity contribution is 8.18. The van der Waals surface area contributed by atoms with Crippen molar-refractivity contribution in [1.82, 2.24) is 10.6 Å². The monoisotopic (exact) mass is 422 g/mol. The molecule has 0 unspecified atom stereocenters. The molecule has 1 aromatic rings. The third kappa shape index (κ3) is 6.38. The molecule has 0 spiro atoms. The van der Waals surface area contributed by atoms with E-state index >= 15 is 0 Å². The molecule has 4 N–H and O–H groups in total. The van der Waals surface area contributed by atoms with E-state index in [1.165, 1.54) is 0 Å². The summed E-state index contributed by atoms with van der Waals surface area (Å²) in [4.78, 5) is 25.8. The number of amides is 2. The molecule has 8 nitrogen and oxygen atoms in total. The fourth-order valence-corrected chi connectivity index (χ4v) is 3.75. The molecule has 0 radical (unpaired) electrons. The van der Waals surface area contributed by atoms with Crippen LogP contribution >= 0.6 is 11.8 Å². The summed E-state index contributed by atoms with van der Waals surface area (Å²) in [5.74, 6) is 0.885. The van der Waals surface area contributed by atoms with Gasteiger partial charge in [0.15, 0.2) is 11.5 Å². The van der Waals surface area contributed by atoms with Crippen molar-refractivity contribution in [2.24, 2.45) is 5.73 Å². The van der Waals surface area contributed by atoms with Gasteiger partial charge < -0.3 is 25.4 Å². The number of benzene rings is 1. The second kappa shape index (κ2) is 11.7. The molecule has 2 saturated heterocycles. The van der Waals surface area contributed by atoms with Gasteiger partial charge in [0.25, 0.3) is 11.1 Å². The molecule has 0 saturated carbocycles. The fourth-order valence-electron chi connectivity index (χ4n) is 3.07. The van der Waals surface area contributed by atoms with E-state index in [1.54, 1.807) is 20.3 Å². The van der Waals surface area contributed by atoms with Crippen LogP contribution < -0.4 is 30.7 Å². The number of carbonyl (C=O) groups excluding carboxylic acids is 2. The van der Waals surface area contributed by atoms with Crippen molar-refractivity contribution in [3.63, 3.8) is 0 Å². The SMILES string of the molecule is CNCCCN.COc1cc(/C=C2\SC(=O)NC2=O)c(N2CCCC2)cc1OC. The molecule has 2 heterocycles. The molecule has 2 fully saturated rings. The van der Waals surface area contributed by atoms with Gasteiger partial charge in [0.05, 0.1) is 19.1 Å². The molecule has 1 aromatic carbocycles. The second-order valence-corrected chi connectivity index (χ2v) is 7.57. The maximum Gasteiger partial charge on any atom is 0.290 e. The molecule has 2 aliphatic heterocycles. The summed E-state index contributed by atoms with van der Waals surface area (Å²) < 4.78 is 10.7. The topological polar surface area (TPSA) is 106 Å². The molecule has 3 rings (SSSR count). The average Bonchev–Trinajstić information content (AvgIpc) is 3.36. The molecule has 0 bridgehead atoms. The molecule has 0 atom stereocenters. The summed E-state index contributed by atoms with van der Waals surface area (Å²) in [5, 5.41) is 4.92. The predicted octanol–water partition coefficient (Wildman–Crippen LogP) is 2.18. The zero-order chi connectivity index (χ0) is 21.2. The van der Waals surface area contributed by atoms with Crippen LogP contribution in [0.3, 0.4) is 0 Å². The number of hydrogen-bond acceptors (Lipinski definition) is 8. The number of rotatable bonds is 7. The summed E-state index contributed by atoms with van der Waals surface area (Å²) >= 11 is 0.914. The van der Waals surface area contributed by atoms with Gasteiger partial charge in [-0.3, -0.25) is 14.9 Å². The molecule has 0 aliphatic carbocycles. The minimum atomic E-state index is -0.359. The van der Waals surface area contributed by atoms with E-state index in [9.17, 15) is 9.59 Å². The number of nitrogens with one attached hydrogen (secondary N) is 2. The Morgan fingerprint density at radius 3 is 2.34 bits per heavy atom. The van der Waals surface area contributed by atoms with E-state index in [0.717, 1.165) is 68.5 Å². The third-order valence-corrected chi connectivity index (χ3v) is 5.35. The summed E-state index contributed by atoms with van der Waals surface area (Å²) in [6, 6.07) is 3.77. The zero-order valence-corrected chi connectivity index (χ0v) is 18.1. The fraction of sp³-hybridized carbons (Fsp3) is 0.500. The van der Waals surface area contributed by atoms with Gasteiger partial charge >= 0.3 is 0 Å². The van der Waals surface area contributed by atoms with E-state index < -0.39 is 0 Å². The smallest absolute Gasteiger partial charge is 0.290 e. The maximum absolute atomic E-state index is 11.8. The highest BCUT2D eigenvalue weighted by Crippen LogP contribution is 2.38. The maximum atomic E-state index is 11.8. The Balaban J connectivity index is 0.000000438. The molecule has 2 amide bonds. The van der Waals surface area contributed by atoms with Crippen LogP contribution in [0.1, 0.15) is 24.8 Å². The number of carbonyl (C=O) groups is 2. The number of anilines is 1. The number of ether oxygens (including phenoxy) is 2. The van der Waals surface area contributed by atoms with Gasteiger partial charge in [-0.05, 0) is 63.3 Å². The molecule has 29 heavy (non-hydrogen) atoms. The Kier molecular flexibility index (Phi) is 9.30. The molecular weight excluding hydrogens is 392 g/mol. The number of thioether (sulfide) groups is 1. The van der Waals surface area contributed by atoms with Gasteiger partial charge in [-0.15, -0.1) is 0 Å². The quantitative estimate of drug-likeness (QED) is 0.454. The Morgan fingerprint density at radius 1 is 1.21 bits per heavy atom. The van der Waals surface area contributed by atoms with Crippen LogP contribution in [0.15, 0.2) is 17.0 Å². The Labute approximate surface area is 176 Å². The van der Waals surface area contributed by atoms with Crippen molar-refractivity contribution in [2.45, 2.75) is 19.3 Å². The second-order valence-electron chi connectivity index (χ2n) is 6.56. The van der Waals surface area contributed by atoms with Gasteiger partial charge in [0.2, 0.25) is 0 Å². The first-order chi connectivity index (χ1) is 14.0. The van der Waals surface area contributed by atoms with Gasteiger partial charge in [-0.1, -0.05) is 0 Å². The summed E-state index contributed by atoms with van der Waals surface area (Å²) in [7, 11) is 5.10. The predicted molar refractivity (Wildman–Crippen MR) is 118 cm³/mol. The van der Waals surface area contributed by atoms with Crippen molar-refractivity contribution in [3.05, 3.63) is 22.6 Å². The first-order valence-electron chi connectivity index (χ1n) is 9.64. The first-order valence-corrected chi connectivity index (χ1v) is 10.5. The van der Waals surface area contributed by atoms with Crippen LogP contribution in [-0.4, -0.2) is 58.6 Å². The van der Waals surface area contributed by atoms with E-state index in [2.05, 4.69) is 15.5 Å². The van der Waals surface area contributed by atoms with Crippen molar-refractivity contribution >= 4 is 34.7 Å². The standard InChI is InChI=1S/C16H18N2O4S.C4H12N2/c1-21-12-7-10(8-14-15(19)17-16(20)23-14)11(9-13(12)22-2)18-5-3-4-6-18;1-6-4-2-3-5/h7-9H,3-6H2,1-2H3,(H,17,19,20);6H,2-5H2,1H3/b14-8-;. The van der Waals surface area contributed by atoms with Crippen LogP contribution in [0, 0.1) is 0 Å². The largest absolute Gasteiger partial charge is 0.493 e. The van der Waals surface area contributed by atoms with Gasteiger partial charge in [-0.2, -0.15) is 0 Å². The number of nitrogens with zero attached hydrogens (tertiary/aromatic N) is 1. The first kappa shape index (κ1) is 23.1. The van der Waals surface area contributed by atoms with Gasteiger partial charge in [0, 0.05) is 30.4 Å². The molecule has 160 valence electrons. The van der Waals surface area contributed by atoms with Crippen LogP contribution in [0.4, 0.5) is 10.5 Å². The van der Waals surface area contributed by atoms with E-state index in [-0.39, 0.29) is 11.1 Å². The Bertz CT molecular complexity index is 744. The minimum Gasteiger partial charge on any atom is -0.493 e. The average molecular weight is 423 g/mol. The number of imide groups is 1. The van der Waals surface area contributed by atoms with Crippen molar-refractivity contribution in [2.75, 3.05) is 52.3 Å². The normalized spacial score (nSPS) is 17.2. The molecular formula is C20H30N4O4S. The molecule has 9 heteroatoms. The molecule has 2 aliphatic rings. The number of methoxy groups -OCH3 is 2. The lowest BCUT2D eigenvalue weighted by Crippen LogP contribution is -2.19. The van der Waals surface area contributed by atoms with Crippen molar-refractivity contribution in [1.29, 1.82) is 0 Å². The van der Waals surface area contributed by atoms with Gasteiger partial charge in [0.1, 0.15) is 0 Å². The lowest BCUT2D eigenvalue weighted by molar-refractivity contribution is -0.115. The third-order valence-electron chi connectivity index (χ3n) is 4.54. The highest BCUT2D eigenvalue weighted by atomic mass is 32.2. The summed E-state index contributed by atoms with van der Waals surface area (Å²) in [6.45, 7) is 3.76. The van der Waals surface area contributed by atoms with Crippen LogP contribution in [-0.2, 0) is 4.79 Å². The highest BCUT2D eigenvalue weighted by Gasteiger charge is 2.26. The lowest BCUT2D eigenvalue weighted by Gasteiger charge is -2.22. The molecule has 0 aromatic heterocycles. The van der Waals surface area contributed by atoms with Gasteiger partial charge in [-0.25, -0.2) is 0 Å². The number of nitrogens with two attached hydrogens (primary N) is 1. The van der Waals surface area contributed by atoms with E-state index in [4.69, 9.17) is 15.2 Å². The van der Waals surface area contributed by atoms with Crippen LogP contribution in [0.2, 0.25) is 0 Å². The van der Waals surface area contributed by atoms with Crippen LogP contribution in [0.5, 0.6) is 11.5 Å². The Hall–Kier alpha value is -2.23. The van der Waals surface area contributed by atoms with Crippen molar-refractivity contribution < 1.29 is 19.1 Å². The van der Waals surface area contributed by atoms with Crippen molar-refractivity contribution in [3.8, 4) is 11.5 Å². The van der Waals surface area contributed by atoms with E-state index in [0.29, 0.717) is 16.4 Å². The Morgan fingerprint density at radius 2 is 1.86 bits per heavy atom. The summed E-state index contributed by atoms with van der Waals surface area (Å²) in [6.07, 6.45) is 5.09.